The van der Waals surface area contributed by atoms with Crippen LogP contribution in [0.25, 0.3) is 0 Å². The summed E-state index contributed by atoms with van der Waals surface area (Å²) in [6.07, 6.45) is 7.58. The van der Waals surface area contributed by atoms with E-state index in [1.165, 1.54) is 45.3 Å². The molecule has 18 heavy (non-hydrogen) atoms. The molecule has 2 aliphatic heterocycles. The van der Waals surface area contributed by atoms with E-state index in [2.05, 4.69) is 16.3 Å². The second-order valence-electron chi connectivity index (χ2n) is 6.55. The molecule has 0 radical (unpaired) electrons. The predicted molar refractivity (Wildman–Crippen MR) is 74.2 cm³/mol. The van der Waals surface area contributed by atoms with Gasteiger partial charge in [0.25, 0.3) is 0 Å². The molecule has 102 valence electrons. The van der Waals surface area contributed by atoms with Gasteiger partial charge in [-0.2, -0.15) is 5.26 Å². The molecule has 0 bridgehead atoms. The van der Waals surface area contributed by atoms with Crippen molar-refractivity contribution in [3.63, 3.8) is 0 Å². The van der Waals surface area contributed by atoms with E-state index in [4.69, 9.17) is 5.26 Å². The topological polar surface area (TPSA) is 39.1 Å². The van der Waals surface area contributed by atoms with Gasteiger partial charge in [0.2, 0.25) is 0 Å². The highest BCUT2D eigenvalue weighted by Gasteiger charge is 2.32. The van der Waals surface area contributed by atoms with E-state index in [1.807, 2.05) is 13.8 Å². The lowest BCUT2D eigenvalue weighted by molar-refractivity contribution is 0.204. The maximum absolute atomic E-state index is 9.04. The number of nitrogens with one attached hydrogen (secondary N) is 1. The average Bonchev–Trinajstić information content (AvgIpc) is 2.98. The second kappa shape index (κ2) is 6.04. The summed E-state index contributed by atoms with van der Waals surface area (Å²) in [6.45, 7) is 7.74. The van der Waals surface area contributed by atoms with E-state index in [0.29, 0.717) is 0 Å². The molecule has 1 N–H and O–H groups in total. The zero-order valence-corrected chi connectivity index (χ0v) is 11.9. The van der Waals surface area contributed by atoms with Crippen LogP contribution in [-0.4, -0.2) is 36.6 Å². The lowest BCUT2D eigenvalue weighted by Crippen LogP contribution is -2.44. The van der Waals surface area contributed by atoms with Crippen molar-refractivity contribution in [1.29, 1.82) is 5.26 Å². The van der Waals surface area contributed by atoms with E-state index in [0.717, 1.165) is 24.9 Å². The Labute approximate surface area is 112 Å². The molecule has 3 nitrogen and oxygen atoms in total. The van der Waals surface area contributed by atoms with Gasteiger partial charge in [-0.1, -0.05) is 0 Å². The van der Waals surface area contributed by atoms with Crippen molar-refractivity contribution in [3.8, 4) is 6.07 Å². The van der Waals surface area contributed by atoms with Crippen LogP contribution in [0.4, 0.5) is 0 Å². The van der Waals surface area contributed by atoms with Gasteiger partial charge in [0, 0.05) is 12.1 Å². The summed E-state index contributed by atoms with van der Waals surface area (Å²) >= 11 is 0. The van der Waals surface area contributed by atoms with Crippen LogP contribution >= 0.6 is 0 Å². The molecule has 2 unspecified atom stereocenters. The minimum Gasteiger partial charge on any atom is -0.312 e. The van der Waals surface area contributed by atoms with Gasteiger partial charge in [-0.05, 0) is 72.0 Å². The Morgan fingerprint density at radius 2 is 2.17 bits per heavy atom. The molecule has 0 aliphatic carbocycles. The highest BCUT2D eigenvalue weighted by Crippen LogP contribution is 2.27. The molecule has 3 heteroatoms. The third kappa shape index (κ3) is 3.46. The Hall–Kier alpha value is -0.590. The Kier molecular flexibility index (Phi) is 4.64. The normalized spacial score (nSPS) is 29.6. The van der Waals surface area contributed by atoms with Crippen LogP contribution in [0, 0.1) is 16.7 Å². The molecular formula is C15H27N3. The van der Waals surface area contributed by atoms with Gasteiger partial charge in [-0.3, -0.25) is 4.90 Å². The summed E-state index contributed by atoms with van der Waals surface area (Å²) in [5.41, 5.74) is -0.152. The van der Waals surface area contributed by atoms with Crippen molar-refractivity contribution in [1.82, 2.24) is 10.2 Å². The SMILES string of the molecule is CC(C)(C#N)CCCN1CCCC1C1CCCN1. The minimum absolute atomic E-state index is 0.152. The molecule has 0 aromatic heterocycles. The summed E-state index contributed by atoms with van der Waals surface area (Å²) in [6, 6.07) is 3.90. The van der Waals surface area contributed by atoms with Gasteiger partial charge in [0.1, 0.15) is 0 Å². The van der Waals surface area contributed by atoms with Crippen LogP contribution in [0.2, 0.25) is 0 Å². The first-order chi connectivity index (χ1) is 8.62. The number of likely N-dealkylation sites (tertiary alicyclic amines) is 1. The van der Waals surface area contributed by atoms with Crippen molar-refractivity contribution in [2.45, 2.75) is 64.5 Å². The fourth-order valence-electron chi connectivity index (χ4n) is 3.41. The Morgan fingerprint density at radius 1 is 1.33 bits per heavy atom. The minimum atomic E-state index is -0.152. The van der Waals surface area contributed by atoms with Crippen LogP contribution in [0.15, 0.2) is 0 Å². The van der Waals surface area contributed by atoms with E-state index in [1.54, 1.807) is 0 Å². The first-order valence-corrected chi connectivity index (χ1v) is 7.51. The van der Waals surface area contributed by atoms with Crippen LogP contribution in [0.3, 0.4) is 0 Å². The van der Waals surface area contributed by atoms with Crippen LogP contribution in [-0.2, 0) is 0 Å². The predicted octanol–water partition coefficient (Wildman–Crippen LogP) is 2.53. The van der Waals surface area contributed by atoms with Crippen molar-refractivity contribution in [3.05, 3.63) is 0 Å². The fourth-order valence-corrected chi connectivity index (χ4v) is 3.41. The standard InChI is InChI=1S/C15H27N3/c1-15(2,12-16)8-5-11-18-10-4-7-14(18)13-6-3-9-17-13/h13-14,17H,3-11H2,1-2H3. The van der Waals surface area contributed by atoms with Crippen LogP contribution in [0.5, 0.6) is 0 Å². The largest absolute Gasteiger partial charge is 0.312 e. The molecule has 0 amide bonds. The van der Waals surface area contributed by atoms with E-state index < -0.39 is 0 Å². The molecule has 2 atom stereocenters. The van der Waals surface area contributed by atoms with Gasteiger partial charge in [-0.25, -0.2) is 0 Å². The molecule has 0 aromatic rings. The molecular weight excluding hydrogens is 222 g/mol. The molecule has 2 rings (SSSR count). The monoisotopic (exact) mass is 249 g/mol. The molecule has 0 spiro atoms. The molecule has 2 aliphatic rings. The van der Waals surface area contributed by atoms with Crippen molar-refractivity contribution >= 4 is 0 Å². The summed E-state index contributed by atoms with van der Waals surface area (Å²) < 4.78 is 0. The quantitative estimate of drug-likeness (QED) is 0.814. The van der Waals surface area contributed by atoms with Gasteiger partial charge in [0.15, 0.2) is 0 Å². The molecule has 0 aromatic carbocycles. The highest BCUT2D eigenvalue weighted by atomic mass is 15.2. The first-order valence-electron chi connectivity index (χ1n) is 7.51. The van der Waals surface area contributed by atoms with E-state index in [9.17, 15) is 0 Å². The molecule has 0 saturated carbocycles. The van der Waals surface area contributed by atoms with Crippen molar-refractivity contribution in [2.75, 3.05) is 19.6 Å². The lowest BCUT2D eigenvalue weighted by Gasteiger charge is -2.30. The summed E-state index contributed by atoms with van der Waals surface area (Å²) in [7, 11) is 0. The summed E-state index contributed by atoms with van der Waals surface area (Å²) in [4.78, 5) is 2.66. The number of hydrogen-bond acceptors (Lipinski definition) is 3. The van der Waals surface area contributed by atoms with Gasteiger partial charge in [0.05, 0.1) is 11.5 Å². The molecule has 2 heterocycles. The zero-order chi connectivity index (χ0) is 13.0. The smallest absolute Gasteiger partial charge is 0.0683 e. The maximum atomic E-state index is 9.04. The van der Waals surface area contributed by atoms with E-state index in [-0.39, 0.29) is 5.41 Å². The first kappa shape index (κ1) is 13.8. The summed E-state index contributed by atoms with van der Waals surface area (Å²) in [5.74, 6) is 0. The van der Waals surface area contributed by atoms with Crippen LogP contribution in [0.1, 0.15) is 52.4 Å². The molecule has 2 fully saturated rings. The van der Waals surface area contributed by atoms with Crippen LogP contribution < -0.4 is 5.32 Å². The average molecular weight is 249 g/mol. The number of rotatable bonds is 5. The number of nitrogens with zero attached hydrogens (tertiary/aromatic N) is 2. The Bertz CT molecular complexity index is 299. The van der Waals surface area contributed by atoms with Gasteiger partial charge < -0.3 is 5.32 Å². The number of hydrogen-bond donors (Lipinski definition) is 1. The second-order valence-corrected chi connectivity index (χ2v) is 6.55. The highest BCUT2D eigenvalue weighted by molar-refractivity contribution is 4.94. The third-order valence-electron chi connectivity index (χ3n) is 4.53. The maximum Gasteiger partial charge on any atom is 0.0683 e. The van der Waals surface area contributed by atoms with Crippen molar-refractivity contribution < 1.29 is 0 Å². The molecule has 2 saturated heterocycles. The third-order valence-corrected chi connectivity index (χ3v) is 4.53. The Morgan fingerprint density at radius 3 is 2.83 bits per heavy atom. The summed E-state index contributed by atoms with van der Waals surface area (Å²) in [5, 5.41) is 12.7. The fraction of sp³-hybridized carbons (Fsp3) is 0.933. The van der Waals surface area contributed by atoms with Crippen molar-refractivity contribution in [2.24, 2.45) is 5.41 Å². The van der Waals surface area contributed by atoms with Gasteiger partial charge >= 0.3 is 0 Å². The number of nitriles is 1. The Balaban J connectivity index is 1.76. The zero-order valence-electron chi connectivity index (χ0n) is 11.9. The van der Waals surface area contributed by atoms with Gasteiger partial charge in [-0.15, -0.1) is 0 Å². The lowest BCUT2D eigenvalue weighted by atomic mass is 9.89. The van der Waals surface area contributed by atoms with E-state index >= 15 is 0 Å².